The van der Waals surface area contributed by atoms with Crippen LogP contribution in [0.3, 0.4) is 0 Å². The smallest absolute Gasteiger partial charge is 0.190 e. The summed E-state index contributed by atoms with van der Waals surface area (Å²) in [6.45, 7) is 6.39. The van der Waals surface area contributed by atoms with Crippen molar-refractivity contribution in [2.45, 2.75) is 40.0 Å². The average molecular weight is 459 g/mol. The molecule has 0 amide bonds. The summed E-state index contributed by atoms with van der Waals surface area (Å²) in [6, 6.07) is 3.44. The van der Waals surface area contributed by atoms with Crippen LogP contribution in [0.2, 0.25) is 0 Å². The van der Waals surface area contributed by atoms with Crippen LogP contribution in [0.1, 0.15) is 50.5 Å². The van der Waals surface area contributed by atoms with Gasteiger partial charge in [-0.1, -0.05) is 37.0 Å². The van der Waals surface area contributed by atoms with E-state index >= 15 is 0 Å². The first-order chi connectivity index (χ1) is 14.4. The number of hydroxylamine groups is 1. The monoisotopic (exact) mass is 458 g/mol. The Morgan fingerprint density at radius 2 is 1.97 bits per heavy atom. The maximum absolute atomic E-state index is 13.0. The van der Waals surface area contributed by atoms with Gasteiger partial charge in [-0.05, 0) is 43.4 Å². The molecule has 0 unspecified atom stereocenters. The lowest BCUT2D eigenvalue weighted by molar-refractivity contribution is 0.0984. The lowest BCUT2D eigenvalue weighted by atomic mass is 10.1. The van der Waals surface area contributed by atoms with E-state index < -0.39 is 0 Å². The summed E-state index contributed by atoms with van der Waals surface area (Å²) in [5.41, 5.74) is 7.07. The van der Waals surface area contributed by atoms with E-state index in [1.807, 2.05) is 13.8 Å². The third-order valence-electron chi connectivity index (χ3n) is 4.34. The fourth-order valence-corrected chi connectivity index (χ4v) is 3.09. The summed E-state index contributed by atoms with van der Waals surface area (Å²) in [4.78, 5) is 22.5. The van der Waals surface area contributed by atoms with Gasteiger partial charge in [0.15, 0.2) is 17.0 Å². The first kappa shape index (κ1) is 26.1. The second kappa shape index (κ2) is 13.4. The van der Waals surface area contributed by atoms with Crippen LogP contribution < -0.4 is 21.1 Å². The van der Waals surface area contributed by atoms with Crippen LogP contribution in [0, 0.1) is 5.92 Å². The lowest BCUT2D eigenvalue weighted by Gasteiger charge is -2.16. The Labute approximate surface area is 188 Å². The lowest BCUT2D eigenvalue weighted by Crippen LogP contribution is -2.33. The number of hydrogen-bond donors (Lipinski definition) is 2. The first-order valence-corrected chi connectivity index (χ1v) is 10.7. The van der Waals surface area contributed by atoms with Crippen LogP contribution in [0.5, 0.6) is 5.75 Å². The minimum absolute atomic E-state index is 0.0200. The summed E-state index contributed by atoms with van der Waals surface area (Å²) < 4.78 is 7.06. The number of nitrogens with one attached hydrogen (secondary N) is 2. The van der Waals surface area contributed by atoms with Crippen molar-refractivity contribution in [1.29, 1.82) is 0 Å². The van der Waals surface area contributed by atoms with Gasteiger partial charge >= 0.3 is 0 Å². The molecule has 2 N–H and O–H groups in total. The standard InChI is InChI=1S/C19H26Cl2N4O3.C2H6/c1-12(20)14(15(21)11-24-28-4)9-17(26)16-7-8-18(27-3)19(25(16)22-2)23-10-13-5-6-13;1-2/h7-8,11,13,22,24H,5-6,9-10H2,1-4H3;1-2H3/b14-12+,15-11+,23-19?;. The Morgan fingerprint density at radius 3 is 2.47 bits per heavy atom. The highest BCUT2D eigenvalue weighted by Gasteiger charge is 2.22. The van der Waals surface area contributed by atoms with Gasteiger partial charge in [0.25, 0.3) is 0 Å². The van der Waals surface area contributed by atoms with Crippen LogP contribution in [0.15, 0.2) is 39.0 Å². The molecule has 0 radical (unpaired) electrons. The van der Waals surface area contributed by atoms with Crippen LogP contribution in [0.4, 0.5) is 0 Å². The van der Waals surface area contributed by atoms with Gasteiger partial charge in [0, 0.05) is 31.2 Å². The Bertz CT molecular complexity index is 839. The summed E-state index contributed by atoms with van der Waals surface area (Å²) >= 11 is 12.4. The van der Waals surface area contributed by atoms with Crippen LogP contribution in [-0.4, -0.2) is 38.3 Å². The SMILES string of the molecule is CC.CNn1c(C(=O)CC(/C(Cl)=C\NOC)=C(/C)Cl)ccc(OC)c1=NCC1CC1. The molecule has 0 saturated heterocycles. The van der Waals surface area contributed by atoms with Crippen molar-refractivity contribution in [3.05, 3.63) is 45.2 Å². The van der Waals surface area contributed by atoms with E-state index in [-0.39, 0.29) is 12.2 Å². The summed E-state index contributed by atoms with van der Waals surface area (Å²) in [5.74, 6) is 1.04. The Balaban J connectivity index is 0.00000218. The molecule has 1 heterocycles. The van der Waals surface area contributed by atoms with E-state index in [4.69, 9.17) is 32.8 Å². The van der Waals surface area contributed by atoms with E-state index in [0.29, 0.717) is 45.0 Å². The number of ketones is 1. The van der Waals surface area contributed by atoms with Gasteiger partial charge in [-0.3, -0.25) is 20.1 Å². The van der Waals surface area contributed by atoms with Crippen LogP contribution in [-0.2, 0) is 4.84 Å². The minimum atomic E-state index is -0.168. The number of rotatable bonds is 10. The zero-order valence-corrected chi connectivity index (χ0v) is 20.0. The van der Waals surface area contributed by atoms with Gasteiger partial charge in [-0.25, -0.2) is 4.68 Å². The molecular formula is C21H32Cl2N4O3. The second-order valence-corrected chi connectivity index (χ2v) is 7.35. The number of carbonyl (C=O) groups is 1. The fraction of sp³-hybridized carbons (Fsp3) is 0.524. The highest BCUT2D eigenvalue weighted by molar-refractivity contribution is 6.35. The van der Waals surface area contributed by atoms with Gasteiger partial charge in [0.1, 0.15) is 5.69 Å². The minimum Gasteiger partial charge on any atom is -0.493 e. The predicted octanol–water partition coefficient (Wildman–Crippen LogP) is 4.32. The van der Waals surface area contributed by atoms with E-state index in [1.54, 1.807) is 37.9 Å². The van der Waals surface area contributed by atoms with Gasteiger partial charge in [-0.2, -0.15) is 0 Å². The second-order valence-electron chi connectivity index (χ2n) is 6.38. The summed E-state index contributed by atoms with van der Waals surface area (Å²) in [5, 5.41) is 0.724. The molecule has 1 aliphatic carbocycles. The molecule has 7 nitrogen and oxygen atoms in total. The summed E-state index contributed by atoms with van der Waals surface area (Å²) in [6.07, 6.45) is 3.83. The van der Waals surface area contributed by atoms with Crippen molar-refractivity contribution < 1.29 is 14.4 Å². The number of hydrogen-bond acceptors (Lipinski definition) is 6. The van der Waals surface area contributed by atoms with Crippen LogP contribution in [0.25, 0.3) is 0 Å². The molecule has 168 valence electrons. The third-order valence-corrected chi connectivity index (χ3v) is 4.90. The Kier molecular flexibility index (Phi) is 11.6. The molecule has 1 aromatic rings. The molecule has 9 heteroatoms. The Morgan fingerprint density at radius 1 is 1.30 bits per heavy atom. The first-order valence-electron chi connectivity index (χ1n) is 9.94. The molecule has 2 rings (SSSR count). The number of halogens is 2. The normalized spacial score (nSPS) is 15.1. The predicted molar refractivity (Wildman–Crippen MR) is 122 cm³/mol. The number of Topliss-reactive ketones (excluding diaryl/α,β-unsaturated/α-hetero) is 1. The molecule has 1 fully saturated rings. The number of carbonyl (C=O) groups excluding carboxylic acids is 1. The van der Waals surface area contributed by atoms with Gasteiger partial charge in [0.05, 0.1) is 19.3 Å². The third kappa shape index (κ3) is 7.38. The zero-order valence-electron chi connectivity index (χ0n) is 18.5. The number of aromatic nitrogens is 1. The molecule has 1 aromatic heterocycles. The van der Waals surface area contributed by atoms with Gasteiger partial charge in [0.2, 0.25) is 0 Å². The van der Waals surface area contributed by atoms with Gasteiger partial charge in [-0.15, -0.1) is 0 Å². The Hall–Kier alpha value is -1.96. The number of nitrogens with zero attached hydrogens (tertiary/aromatic N) is 2. The molecule has 0 aliphatic heterocycles. The number of ether oxygens (including phenoxy) is 1. The zero-order chi connectivity index (χ0) is 22.7. The maximum Gasteiger partial charge on any atom is 0.190 e. The largest absolute Gasteiger partial charge is 0.493 e. The number of allylic oxidation sites excluding steroid dienone is 3. The van der Waals surface area contributed by atoms with Crippen LogP contribution >= 0.6 is 23.2 Å². The highest BCUT2D eigenvalue weighted by atomic mass is 35.5. The number of pyridine rings is 1. The van der Waals surface area contributed by atoms with E-state index in [1.165, 1.54) is 26.2 Å². The maximum atomic E-state index is 13.0. The van der Waals surface area contributed by atoms with Crippen molar-refractivity contribution in [3.8, 4) is 5.75 Å². The average Bonchev–Trinajstić information content (AvgIpc) is 3.58. The molecule has 0 bridgehead atoms. The quantitative estimate of drug-likeness (QED) is 0.310. The van der Waals surface area contributed by atoms with Crippen molar-refractivity contribution in [2.75, 3.05) is 33.2 Å². The molecule has 1 saturated carbocycles. The van der Waals surface area contributed by atoms with E-state index in [0.717, 1.165) is 0 Å². The van der Waals surface area contributed by atoms with Crippen molar-refractivity contribution in [2.24, 2.45) is 10.9 Å². The molecule has 1 aliphatic rings. The van der Waals surface area contributed by atoms with Crippen molar-refractivity contribution in [1.82, 2.24) is 10.2 Å². The molecule has 0 atom stereocenters. The fourth-order valence-electron chi connectivity index (χ4n) is 2.62. The molecule has 0 spiro atoms. The van der Waals surface area contributed by atoms with E-state index in [2.05, 4.69) is 15.9 Å². The molecule has 0 aromatic carbocycles. The van der Waals surface area contributed by atoms with E-state index in [9.17, 15) is 4.79 Å². The van der Waals surface area contributed by atoms with Crippen molar-refractivity contribution in [3.63, 3.8) is 0 Å². The molecular weight excluding hydrogens is 427 g/mol. The number of methoxy groups -OCH3 is 1. The topological polar surface area (TPSA) is 76.9 Å². The van der Waals surface area contributed by atoms with Gasteiger partial charge < -0.3 is 10.2 Å². The highest BCUT2D eigenvalue weighted by Crippen LogP contribution is 2.29. The molecule has 30 heavy (non-hydrogen) atoms. The summed E-state index contributed by atoms with van der Waals surface area (Å²) in [7, 11) is 4.77. The van der Waals surface area contributed by atoms with Crippen molar-refractivity contribution >= 4 is 29.0 Å².